The minimum Gasteiger partial charge on any atom is -0.456 e. The quantitative estimate of drug-likeness (QED) is 0.178. The molecule has 0 unspecified atom stereocenters. The summed E-state index contributed by atoms with van der Waals surface area (Å²) in [6.07, 6.45) is 0. The highest BCUT2D eigenvalue weighted by molar-refractivity contribution is 6.14. The van der Waals surface area contributed by atoms with Crippen LogP contribution < -0.4 is 4.90 Å². The van der Waals surface area contributed by atoms with E-state index in [1.807, 2.05) is 24.3 Å². The number of rotatable bonds is 5. The van der Waals surface area contributed by atoms with Gasteiger partial charge in [0.15, 0.2) is 0 Å². The largest absolute Gasteiger partial charge is 0.456 e. The Labute approximate surface area is 321 Å². The molecule has 3 aromatic heterocycles. The van der Waals surface area contributed by atoms with E-state index in [0.717, 1.165) is 77.8 Å². The first-order valence-corrected chi connectivity index (χ1v) is 19.0. The van der Waals surface area contributed by atoms with E-state index in [1.54, 1.807) is 0 Å². The molecular formula is C52H32N2O2. The maximum Gasteiger partial charge on any atom is 0.135 e. The number of furan rings is 2. The van der Waals surface area contributed by atoms with E-state index in [4.69, 9.17) is 8.83 Å². The van der Waals surface area contributed by atoms with Crippen molar-refractivity contribution >= 4 is 93.5 Å². The van der Waals surface area contributed by atoms with Crippen LogP contribution in [-0.4, -0.2) is 4.57 Å². The van der Waals surface area contributed by atoms with Crippen molar-refractivity contribution < 1.29 is 8.83 Å². The fraction of sp³-hybridized carbons (Fsp3) is 0. The molecule has 12 aromatic rings. The third-order valence-corrected chi connectivity index (χ3v) is 11.4. The molecule has 0 saturated carbocycles. The Bertz CT molecular complexity index is 3360. The molecule has 56 heavy (non-hydrogen) atoms. The summed E-state index contributed by atoms with van der Waals surface area (Å²) in [6, 6.07) is 69.2. The van der Waals surface area contributed by atoms with Crippen molar-refractivity contribution in [2.75, 3.05) is 4.90 Å². The van der Waals surface area contributed by atoms with Crippen molar-refractivity contribution in [2.24, 2.45) is 0 Å². The van der Waals surface area contributed by atoms with E-state index in [2.05, 4.69) is 179 Å². The molecule has 4 heteroatoms. The summed E-state index contributed by atoms with van der Waals surface area (Å²) in [5.41, 5.74) is 12.6. The third kappa shape index (κ3) is 4.73. The van der Waals surface area contributed by atoms with Crippen LogP contribution >= 0.6 is 0 Å². The van der Waals surface area contributed by atoms with E-state index < -0.39 is 0 Å². The summed E-state index contributed by atoms with van der Waals surface area (Å²) < 4.78 is 14.8. The summed E-state index contributed by atoms with van der Waals surface area (Å²) in [5, 5.41) is 9.41. The fourth-order valence-electron chi connectivity index (χ4n) is 8.69. The number of anilines is 3. The van der Waals surface area contributed by atoms with E-state index in [1.165, 1.54) is 32.6 Å². The second-order valence-electron chi connectivity index (χ2n) is 14.6. The van der Waals surface area contributed by atoms with Gasteiger partial charge in [-0.15, -0.1) is 0 Å². The molecule has 0 N–H and O–H groups in total. The zero-order valence-electron chi connectivity index (χ0n) is 30.2. The zero-order chi connectivity index (χ0) is 36.7. The van der Waals surface area contributed by atoms with Gasteiger partial charge in [0.25, 0.3) is 0 Å². The van der Waals surface area contributed by atoms with Gasteiger partial charge < -0.3 is 18.3 Å². The fourth-order valence-corrected chi connectivity index (χ4v) is 8.69. The van der Waals surface area contributed by atoms with Crippen molar-refractivity contribution in [3.05, 3.63) is 194 Å². The SMILES string of the molecule is c1ccc2cc3c(cc2c1)c1ccccc1n3-c1ccc(-c2ccc(N(c3ccc4oc5ccccc5c4c3)c3ccc4oc5ccccc5c4c3)cc2)cc1. The second kappa shape index (κ2) is 12.0. The molecule has 9 aromatic carbocycles. The molecule has 0 amide bonds. The van der Waals surface area contributed by atoms with Gasteiger partial charge in [0.05, 0.1) is 11.0 Å². The van der Waals surface area contributed by atoms with E-state index in [0.29, 0.717) is 0 Å². The number of benzene rings is 9. The van der Waals surface area contributed by atoms with Gasteiger partial charge in [-0.25, -0.2) is 0 Å². The number of aromatic nitrogens is 1. The van der Waals surface area contributed by atoms with Gasteiger partial charge in [-0.2, -0.15) is 0 Å². The van der Waals surface area contributed by atoms with Crippen LogP contribution in [0.25, 0.3) is 93.3 Å². The Morgan fingerprint density at radius 3 is 1.43 bits per heavy atom. The van der Waals surface area contributed by atoms with Gasteiger partial charge in [0, 0.05) is 55.1 Å². The number of hydrogen-bond donors (Lipinski definition) is 0. The molecule has 12 rings (SSSR count). The van der Waals surface area contributed by atoms with Crippen LogP contribution in [0.3, 0.4) is 0 Å². The molecular weight excluding hydrogens is 685 g/mol. The van der Waals surface area contributed by atoms with Crippen molar-refractivity contribution in [3.8, 4) is 16.8 Å². The zero-order valence-corrected chi connectivity index (χ0v) is 30.2. The third-order valence-electron chi connectivity index (χ3n) is 11.4. The maximum absolute atomic E-state index is 6.22. The Kier molecular flexibility index (Phi) is 6.60. The number of nitrogens with zero attached hydrogens (tertiary/aromatic N) is 2. The number of hydrogen-bond acceptors (Lipinski definition) is 3. The second-order valence-corrected chi connectivity index (χ2v) is 14.6. The summed E-state index contributed by atoms with van der Waals surface area (Å²) in [4.78, 5) is 2.32. The molecule has 0 spiro atoms. The summed E-state index contributed by atoms with van der Waals surface area (Å²) in [6.45, 7) is 0. The monoisotopic (exact) mass is 716 g/mol. The summed E-state index contributed by atoms with van der Waals surface area (Å²) in [5.74, 6) is 0. The van der Waals surface area contributed by atoms with Gasteiger partial charge in [0.2, 0.25) is 0 Å². The highest BCUT2D eigenvalue weighted by Gasteiger charge is 2.18. The molecule has 0 aliphatic carbocycles. The normalized spacial score (nSPS) is 11.9. The van der Waals surface area contributed by atoms with E-state index in [-0.39, 0.29) is 0 Å². The molecule has 262 valence electrons. The maximum atomic E-state index is 6.22. The first-order valence-electron chi connectivity index (χ1n) is 19.0. The topological polar surface area (TPSA) is 34.5 Å². The number of para-hydroxylation sites is 3. The van der Waals surface area contributed by atoms with E-state index >= 15 is 0 Å². The molecule has 0 aliphatic rings. The highest BCUT2D eigenvalue weighted by Crippen LogP contribution is 2.42. The van der Waals surface area contributed by atoms with Gasteiger partial charge in [-0.3, -0.25) is 0 Å². The van der Waals surface area contributed by atoms with Crippen LogP contribution in [0.1, 0.15) is 0 Å². The van der Waals surface area contributed by atoms with Crippen LogP contribution in [-0.2, 0) is 0 Å². The lowest BCUT2D eigenvalue weighted by Crippen LogP contribution is -2.09. The first-order chi connectivity index (χ1) is 27.7. The number of fused-ring (bicyclic) bond motifs is 10. The smallest absolute Gasteiger partial charge is 0.135 e. The standard InChI is InChI=1S/C52H32N2O2/c1-2-10-36-30-48-44(29-35(36)9-1)41-11-3-6-14-47(41)54(48)38-23-19-34(20-24-38)33-17-21-37(22-18-33)53(39-25-27-51-45(31-39)42-12-4-7-15-49(42)55-51)40-26-28-52-46(32-40)43-13-5-8-16-50(43)56-52/h1-32H. The predicted molar refractivity (Wildman–Crippen MR) is 233 cm³/mol. The Balaban J connectivity index is 0.955. The molecule has 0 bridgehead atoms. The molecule has 0 aliphatic heterocycles. The average Bonchev–Trinajstić information content (AvgIpc) is 3.92. The van der Waals surface area contributed by atoms with Crippen molar-refractivity contribution in [1.29, 1.82) is 0 Å². The average molecular weight is 717 g/mol. The van der Waals surface area contributed by atoms with Crippen LogP contribution in [0.2, 0.25) is 0 Å². The predicted octanol–water partition coefficient (Wildman–Crippen LogP) is 14.9. The molecule has 4 nitrogen and oxygen atoms in total. The van der Waals surface area contributed by atoms with Crippen LogP contribution in [0.5, 0.6) is 0 Å². The minimum atomic E-state index is 0.874. The van der Waals surface area contributed by atoms with Crippen LogP contribution in [0, 0.1) is 0 Å². The van der Waals surface area contributed by atoms with E-state index in [9.17, 15) is 0 Å². The molecule has 0 saturated heterocycles. The van der Waals surface area contributed by atoms with Crippen molar-refractivity contribution in [3.63, 3.8) is 0 Å². The Morgan fingerprint density at radius 1 is 0.321 bits per heavy atom. The minimum absolute atomic E-state index is 0.874. The van der Waals surface area contributed by atoms with Gasteiger partial charge >= 0.3 is 0 Å². The lowest BCUT2D eigenvalue weighted by Gasteiger charge is -2.26. The summed E-state index contributed by atoms with van der Waals surface area (Å²) in [7, 11) is 0. The first kappa shape index (κ1) is 30.9. The highest BCUT2D eigenvalue weighted by atomic mass is 16.3. The molecule has 0 atom stereocenters. The van der Waals surface area contributed by atoms with Crippen LogP contribution in [0.4, 0.5) is 17.1 Å². The van der Waals surface area contributed by atoms with Crippen molar-refractivity contribution in [1.82, 2.24) is 4.57 Å². The Morgan fingerprint density at radius 2 is 0.804 bits per heavy atom. The molecule has 0 radical (unpaired) electrons. The lowest BCUT2D eigenvalue weighted by atomic mass is 10.0. The van der Waals surface area contributed by atoms with Crippen molar-refractivity contribution in [2.45, 2.75) is 0 Å². The lowest BCUT2D eigenvalue weighted by molar-refractivity contribution is 0.668. The molecule has 0 fully saturated rings. The van der Waals surface area contributed by atoms with Gasteiger partial charge in [-0.1, -0.05) is 103 Å². The van der Waals surface area contributed by atoms with Crippen LogP contribution in [0.15, 0.2) is 203 Å². The Hall–Kier alpha value is -7.56. The van der Waals surface area contributed by atoms with Gasteiger partial charge in [-0.05, 0) is 113 Å². The summed E-state index contributed by atoms with van der Waals surface area (Å²) >= 11 is 0. The molecule has 3 heterocycles. The van der Waals surface area contributed by atoms with Gasteiger partial charge in [0.1, 0.15) is 22.3 Å².